The van der Waals surface area contributed by atoms with Crippen LogP contribution in [0.5, 0.6) is 0 Å². The number of aryl methyl sites for hydroxylation is 1. The highest BCUT2D eigenvalue weighted by atomic mass is 35.5. The first-order chi connectivity index (χ1) is 9.49. The van der Waals surface area contributed by atoms with Crippen molar-refractivity contribution in [3.05, 3.63) is 45.3 Å². The van der Waals surface area contributed by atoms with Gasteiger partial charge in [0.2, 0.25) is 0 Å². The van der Waals surface area contributed by atoms with Gasteiger partial charge in [0.15, 0.2) is 16.6 Å². The lowest BCUT2D eigenvalue weighted by molar-refractivity contribution is 0.629. The van der Waals surface area contributed by atoms with E-state index in [0.717, 1.165) is 11.1 Å². The van der Waals surface area contributed by atoms with Crippen molar-refractivity contribution in [3.63, 3.8) is 0 Å². The Hall–Kier alpha value is -1.72. The summed E-state index contributed by atoms with van der Waals surface area (Å²) < 4.78 is 15.4. The number of halogens is 3. The fourth-order valence-electron chi connectivity index (χ4n) is 1.93. The van der Waals surface area contributed by atoms with Gasteiger partial charge in [0.1, 0.15) is 5.82 Å². The molecule has 0 saturated carbocycles. The standard InChI is InChI=1S/C13H9Cl2FN4/c1-6-7(2)12-17-18-13(20(12)19-11(6)15)9-4-3-8(14)5-10(9)16/h3-5H,1-2H3. The SMILES string of the molecule is Cc1c(Cl)nn2c(-c3ccc(Cl)cc3F)nnc2c1C. The minimum absolute atomic E-state index is 0.272. The largest absolute Gasteiger partial charge is 0.206 e. The zero-order valence-electron chi connectivity index (χ0n) is 10.7. The van der Waals surface area contributed by atoms with E-state index in [1.807, 2.05) is 13.8 Å². The molecular weight excluding hydrogens is 302 g/mol. The molecule has 0 aliphatic carbocycles. The zero-order valence-corrected chi connectivity index (χ0v) is 12.2. The van der Waals surface area contributed by atoms with Gasteiger partial charge >= 0.3 is 0 Å². The quantitative estimate of drug-likeness (QED) is 0.685. The molecule has 0 N–H and O–H groups in total. The second-order valence-electron chi connectivity index (χ2n) is 4.42. The second kappa shape index (κ2) is 4.68. The first-order valence-electron chi connectivity index (χ1n) is 5.82. The van der Waals surface area contributed by atoms with E-state index in [4.69, 9.17) is 23.2 Å². The molecule has 102 valence electrons. The van der Waals surface area contributed by atoms with E-state index >= 15 is 0 Å². The molecule has 0 bridgehead atoms. The van der Waals surface area contributed by atoms with Crippen molar-refractivity contribution >= 4 is 28.8 Å². The molecule has 0 saturated heterocycles. The third-order valence-electron chi connectivity index (χ3n) is 3.21. The van der Waals surface area contributed by atoms with Crippen LogP contribution in [0.4, 0.5) is 4.39 Å². The summed E-state index contributed by atoms with van der Waals surface area (Å²) in [6.07, 6.45) is 0. The van der Waals surface area contributed by atoms with E-state index in [-0.39, 0.29) is 5.56 Å². The Bertz CT molecular complexity index is 829. The first kappa shape index (κ1) is 13.3. The van der Waals surface area contributed by atoms with Crippen LogP contribution in [0.3, 0.4) is 0 Å². The average molecular weight is 311 g/mol. The third-order valence-corrected chi connectivity index (χ3v) is 3.80. The Kier molecular flexibility index (Phi) is 3.11. The molecule has 1 aromatic carbocycles. The number of fused-ring (bicyclic) bond motifs is 1. The summed E-state index contributed by atoms with van der Waals surface area (Å²) in [7, 11) is 0. The molecule has 2 aromatic heterocycles. The summed E-state index contributed by atoms with van der Waals surface area (Å²) in [5, 5.41) is 12.9. The Morgan fingerprint density at radius 2 is 1.85 bits per heavy atom. The summed E-state index contributed by atoms with van der Waals surface area (Å²) in [6.45, 7) is 3.72. The highest BCUT2D eigenvalue weighted by molar-refractivity contribution is 6.30. The lowest BCUT2D eigenvalue weighted by Gasteiger charge is -2.05. The molecule has 7 heteroatoms. The van der Waals surface area contributed by atoms with Gasteiger partial charge in [0.05, 0.1) is 5.56 Å². The Morgan fingerprint density at radius 3 is 2.55 bits per heavy atom. The third kappa shape index (κ3) is 1.94. The van der Waals surface area contributed by atoms with Gasteiger partial charge in [-0.2, -0.15) is 9.61 Å². The predicted molar refractivity (Wildman–Crippen MR) is 75.7 cm³/mol. The average Bonchev–Trinajstić information content (AvgIpc) is 2.80. The Labute approximate surface area is 124 Å². The van der Waals surface area contributed by atoms with Crippen molar-refractivity contribution < 1.29 is 4.39 Å². The van der Waals surface area contributed by atoms with E-state index in [2.05, 4.69) is 15.3 Å². The molecule has 0 atom stereocenters. The fourth-order valence-corrected chi connectivity index (χ4v) is 2.31. The summed E-state index contributed by atoms with van der Waals surface area (Å²) in [5.41, 5.74) is 2.51. The Balaban J connectivity index is 2.33. The molecule has 0 spiro atoms. The second-order valence-corrected chi connectivity index (χ2v) is 5.22. The number of rotatable bonds is 1. The van der Waals surface area contributed by atoms with E-state index < -0.39 is 5.82 Å². The topological polar surface area (TPSA) is 43.1 Å². The monoisotopic (exact) mass is 310 g/mol. The molecule has 20 heavy (non-hydrogen) atoms. The predicted octanol–water partition coefficient (Wildman–Crippen LogP) is 3.85. The number of aromatic nitrogens is 4. The lowest BCUT2D eigenvalue weighted by Crippen LogP contribution is -2.01. The smallest absolute Gasteiger partial charge is 0.188 e. The van der Waals surface area contributed by atoms with Crippen LogP contribution < -0.4 is 0 Å². The van der Waals surface area contributed by atoms with Crippen LogP contribution in [0.15, 0.2) is 18.2 Å². The summed E-state index contributed by atoms with van der Waals surface area (Å²) in [6, 6.07) is 4.35. The van der Waals surface area contributed by atoms with Gasteiger partial charge in [-0.1, -0.05) is 23.2 Å². The van der Waals surface area contributed by atoms with Gasteiger partial charge in [-0.05, 0) is 37.6 Å². The molecule has 0 aliphatic rings. The molecule has 0 fully saturated rings. The van der Waals surface area contributed by atoms with Crippen LogP contribution in [0.1, 0.15) is 11.1 Å². The zero-order chi connectivity index (χ0) is 14.4. The van der Waals surface area contributed by atoms with Gasteiger partial charge in [0.25, 0.3) is 0 Å². The molecule has 0 aliphatic heterocycles. The van der Waals surface area contributed by atoms with Crippen LogP contribution in [0.2, 0.25) is 10.2 Å². The van der Waals surface area contributed by atoms with E-state index in [9.17, 15) is 4.39 Å². The van der Waals surface area contributed by atoms with E-state index in [1.165, 1.54) is 10.6 Å². The molecule has 0 unspecified atom stereocenters. The number of hydrogen-bond donors (Lipinski definition) is 0. The van der Waals surface area contributed by atoms with Crippen molar-refractivity contribution in [1.82, 2.24) is 19.8 Å². The van der Waals surface area contributed by atoms with Crippen molar-refractivity contribution in [2.75, 3.05) is 0 Å². The van der Waals surface area contributed by atoms with Crippen molar-refractivity contribution in [1.29, 1.82) is 0 Å². The van der Waals surface area contributed by atoms with E-state index in [0.29, 0.717) is 21.6 Å². The molecule has 0 radical (unpaired) electrons. The van der Waals surface area contributed by atoms with Crippen LogP contribution in [-0.2, 0) is 0 Å². The highest BCUT2D eigenvalue weighted by Gasteiger charge is 2.17. The number of benzene rings is 1. The van der Waals surface area contributed by atoms with E-state index in [1.54, 1.807) is 12.1 Å². The summed E-state index contributed by atoms with van der Waals surface area (Å²) in [5.74, 6) is -0.192. The molecule has 4 nitrogen and oxygen atoms in total. The maximum absolute atomic E-state index is 14.0. The summed E-state index contributed by atoms with van der Waals surface area (Å²) in [4.78, 5) is 0. The highest BCUT2D eigenvalue weighted by Crippen LogP contribution is 2.26. The van der Waals surface area contributed by atoms with Gasteiger partial charge in [0, 0.05) is 10.6 Å². The number of hydrogen-bond acceptors (Lipinski definition) is 3. The van der Waals surface area contributed by atoms with Crippen LogP contribution >= 0.6 is 23.2 Å². The van der Waals surface area contributed by atoms with Gasteiger partial charge in [-0.3, -0.25) is 0 Å². The molecule has 0 amide bonds. The number of nitrogens with zero attached hydrogens (tertiary/aromatic N) is 4. The maximum atomic E-state index is 14.0. The molecular formula is C13H9Cl2FN4. The molecule has 2 heterocycles. The van der Waals surface area contributed by atoms with Gasteiger partial charge in [-0.25, -0.2) is 4.39 Å². The van der Waals surface area contributed by atoms with Gasteiger partial charge < -0.3 is 0 Å². The van der Waals surface area contributed by atoms with Crippen LogP contribution in [-0.4, -0.2) is 19.8 Å². The van der Waals surface area contributed by atoms with Crippen LogP contribution in [0, 0.1) is 19.7 Å². The minimum atomic E-state index is -0.483. The summed E-state index contributed by atoms with van der Waals surface area (Å²) >= 11 is 11.8. The fraction of sp³-hybridized carbons (Fsp3) is 0.154. The van der Waals surface area contributed by atoms with Gasteiger partial charge in [-0.15, -0.1) is 10.2 Å². The minimum Gasteiger partial charge on any atom is -0.206 e. The van der Waals surface area contributed by atoms with Crippen LogP contribution in [0.25, 0.3) is 17.0 Å². The normalized spacial score (nSPS) is 11.2. The Morgan fingerprint density at radius 1 is 1.10 bits per heavy atom. The van der Waals surface area contributed by atoms with Crippen molar-refractivity contribution in [3.8, 4) is 11.4 Å². The molecule has 3 rings (SSSR count). The first-order valence-corrected chi connectivity index (χ1v) is 6.58. The lowest BCUT2D eigenvalue weighted by atomic mass is 10.2. The van der Waals surface area contributed by atoms with Crippen molar-refractivity contribution in [2.24, 2.45) is 0 Å². The molecule has 3 aromatic rings. The maximum Gasteiger partial charge on any atom is 0.188 e. The van der Waals surface area contributed by atoms with Crippen molar-refractivity contribution in [2.45, 2.75) is 13.8 Å².